The van der Waals surface area contributed by atoms with Gasteiger partial charge in [0.25, 0.3) is 0 Å². The van der Waals surface area contributed by atoms with Crippen LogP contribution in [0.3, 0.4) is 0 Å². The van der Waals surface area contributed by atoms with Gasteiger partial charge in [0.1, 0.15) is 17.7 Å². The molecule has 1 spiro atoms. The molecule has 6 N–H and O–H groups in total. The molecule has 3 aliphatic rings. The Hall–Kier alpha value is -1.38. The number of guanidine groups is 1. The fourth-order valence-electron chi connectivity index (χ4n) is 3.56. The highest BCUT2D eigenvalue weighted by atomic mass is 16.7. The normalized spacial score (nSPS) is 52.6. The van der Waals surface area contributed by atoms with Crippen LogP contribution >= 0.6 is 0 Å². The van der Waals surface area contributed by atoms with Gasteiger partial charge in [0, 0.05) is 5.92 Å². The smallest absolute Gasteiger partial charge is 0.337 e. The number of carbonyl (C=O) groups excluding carboxylic acids is 1. The molecule has 2 heterocycles. The van der Waals surface area contributed by atoms with Gasteiger partial charge in [0.2, 0.25) is 0 Å². The minimum absolute atomic E-state index is 0.107. The van der Waals surface area contributed by atoms with E-state index in [1.54, 1.807) is 0 Å². The molecule has 0 aromatic carbocycles. The van der Waals surface area contributed by atoms with Crippen molar-refractivity contribution in [1.29, 1.82) is 0 Å². The summed E-state index contributed by atoms with van der Waals surface area (Å²) in [5.41, 5.74) is 4.14. The van der Waals surface area contributed by atoms with Crippen LogP contribution in [0, 0.1) is 11.8 Å². The van der Waals surface area contributed by atoms with Crippen molar-refractivity contribution < 1.29 is 24.9 Å². The van der Waals surface area contributed by atoms with Gasteiger partial charge >= 0.3 is 5.97 Å². The highest BCUT2D eigenvalue weighted by Crippen LogP contribution is 2.47. The second-order valence-electron chi connectivity index (χ2n) is 5.55. The summed E-state index contributed by atoms with van der Waals surface area (Å²) in [4.78, 5) is 15.6. The molecule has 8 nitrogen and oxygen atoms in total. The second kappa shape index (κ2) is 3.81. The minimum Gasteiger partial charge on any atom is -0.457 e. The Morgan fingerprint density at radius 2 is 2.16 bits per heavy atom. The van der Waals surface area contributed by atoms with Gasteiger partial charge < -0.3 is 31.1 Å². The summed E-state index contributed by atoms with van der Waals surface area (Å²) in [6, 6.07) is 0. The van der Waals surface area contributed by atoms with E-state index in [0.29, 0.717) is 6.42 Å². The number of nitrogens with zero attached hydrogens (tertiary/aromatic N) is 1. The molecule has 1 saturated carbocycles. The number of ether oxygens (including phenoxy) is 1. The molecule has 2 aliphatic heterocycles. The van der Waals surface area contributed by atoms with Crippen molar-refractivity contribution in [2.24, 2.45) is 22.6 Å². The molecule has 1 aliphatic carbocycles. The van der Waals surface area contributed by atoms with Crippen LogP contribution in [-0.2, 0) is 9.53 Å². The summed E-state index contributed by atoms with van der Waals surface area (Å²) in [6.45, 7) is 1.82. The zero-order chi connectivity index (χ0) is 13.9. The number of rotatable bonds is 0. The molecule has 0 aromatic rings. The van der Waals surface area contributed by atoms with E-state index < -0.39 is 42.0 Å². The third-order valence-corrected chi connectivity index (χ3v) is 4.50. The molecule has 2 bridgehead atoms. The molecule has 3 rings (SSSR count). The third kappa shape index (κ3) is 1.44. The number of aliphatic hydroxyl groups excluding tert-OH is 3. The Morgan fingerprint density at radius 3 is 2.84 bits per heavy atom. The van der Waals surface area contributed by atoms with Gasteiger partial charge in [-0.3, -0.25) is 0 Å². The molecule has 106 valence electrons. The van der Waals surface area contributed by atoms with E-state index in [1.165, 1.54) is 0 Å². The number of aliphatic hydroxyl groups is 3. The average Bonchev–Trinajstić information content (AvgIpc) is 2.33. The van der Waals surface area contributed by atoms with Crippen LogP contribution in [-0.4, -0.2) is 57.3 Å². The van der Waals surface area contributed by atoms with Crippen molar-refractivity contribution >= 4 is 11.9 Å². The zero-order valence-electron chi connectivity index (χ0n) is 10.4. The monoisotopic (exact) mass is 272 g/mol. The maximum absolute atomic E-state index is 11.8. The van der Waals surface area contributed by atoms with E-state index in [4.69, 9.17) is 10.5 Å². The fraction of sp³-hybridized carbons (Fsp3) is 0.818. The zero-order valence-corrected chi connectivity index (χ0v) is 10.4. The van der Waals surface area contributed by atoms with Crippen molar-refractivity contribution in [1.82, 2.24) is 5.32 Å². The number of esters is 1. The number of nitrogens with two attached hydrogens (primary N) is 1. The van der Waals surface area contributed by atoms with E-state index in [9.17, 15) is 20.1 Å². The lowest BCUT2D eigenvalue weighted by atomic mass is 9.62. The van der Waals surface area contributed by atoms with Gasteiger partial charge in [-0.25, -0.2) is 9.79 Å². The first kappa shape index (κ1) is 12.6. The highest BCUT2D eigenvalue weighted by Gasteiger charge is 2.67. The summed E-state index contributed by atoms with van der Waals surface area (Å²) >= 11 is 0. The quantitative estimate of drug-likeness (QED) is 0.238. The first-order valence-corrected chi connectivity index (χ1v) is 6.24. The Balaban J connectivity index is 2.13. The number of aliphatic imine (C=N–C) groups is 1. The fourth-order valence-corrected chi connectivity index (χ4v) is 3.56. The summed E-state index contributed by atoms with van der Waals surface area (Å²) in [7, 11) is 0. The molecule has 19 heavy (non-hydrogen) atoms. The first-order valence-electron chi connectivity index (χ1n) is 6.24. The lowest BCUT2D eigenvalue weighted by molar-refractivity contribution is -0.235. The standard InChI is InChI=1S/C11H17N3O5/c1-3-2-4-8(17)13-10(12)14-11(4)6(15)5(3)19-9(18)7(11)16/h3-8,15-17H,2H2,1H3,(H3,12,13,14)/t3-,4?,5-,6-,7-,8+,11-/m1/s1/i9+1. The van der Waals surface area contributed by atoms with Crippen LogP contribution in [0.5, 0.6) is 0 Å². The van der Waals surface area contributed by atoms with Crippen molar-refractivity contribution in [3.8, 4) is 0 Å². The van der Waals surface area contributed by atoms with E-state index in [1.807, 2.05) is 6.92 Å². The number of hydrogen-bond acceptors (Lipinski definition) is 8. The van der Waals surface area contributed by atoms with Crippen molar-refractivity contribution in [2.45, 2.75) is 43.4 Å². The van der Waals surface area contributed by atoms with Crippen LogP contribution in [0.15, 0.2) is 4.99 Å². The molecule has 1 saturated heterocycles. The SMILES string of the molecule is C[C@@H]1CC2[C@H](O)N=C(N)N[C@@]23[C@H](O)[C@@H]1O[13C](=O)[C@H]3O. The lowest BCUT2D eigenvalue weighted by Crippen LogP contribution is -2.81. The minimum atomic E-state index is -1.60. The van der Waals surface area contributed by atoms with Gasteiger partial charge in [-0.05, 0) is 12.3 Å². The van der Waals surface area contributed by atoms with Gasteiger partial charge in [0.05, 0.1) is 0 Å². The van der Waals surface area contributed by atoms with Gasteiger partial charge in [0.15, 0.2) is 18.3 Å². The first-order chi connectivity index (χ1) is 8.87. The van der Waals surface area contributed by atoms with Crippen LogP contribution in [0.4, 0.5) is 0 Å². The van der Waals surface area contributed by atoms with E-state index >= 15 is 0 Å². The maximum Gasteiger partial charge on any atom is 0.337 e. The lowest BCUT2D eigenvalue weighted by Gasteiger charge is -2.58. The van der Waals surface area contributed by atoms with Gasteiger partial charge in [-0.1, -0.05) is 6.92 Å². The van der Waals surface area contributed by atoms with Crippen LogP contribution in [0.25, 0.3) is 0 Å². The summed E-state index contributed by atoms with van der Waals surface area (Å²) in [6.07, 6.45) is -4.19. The van der Waals surface area contributed by atoms with E-state index in [-0.39, 0.29) is 11.9 Å². The Labute approximate surface area is 109 Å². The topological polar surface area (TPSA) is 137 Å². The highest BCUT2D eigenvalue weighted by molar-refractivity contribution is 5.84. The largest absolute Gasteiger partial charge is 0.457 e. The van der Waals surface area contributed by atoms with Gasteiger partial charge in [-0.2, -0.15) is 0 Å². The molecule has 8 heteroatoms. The number of hydrogen-bond donors (Lipinski definition) is 5. The Bertz CT molecular complexity index is 456. The van der Waals surface area contributed by atoms with Crippen LogP contribution in [0.1, 0.15) is 13.3 Å². The predicted molar refractivity (Wildman–Crippen MR) is 62.7 cm³/mol. The number of carbonyl (C=O) groups is 1. The van der Waals surface area contributed by atoms with E-state index in [0.717, 1.165) is 0 Å². The van der Waals surface area contributed by atoms with Gasteiger partial charge in [-0.15, -0.1) is 0 Å². The Morgan fingerprint density at radius 1 is 1.47 bits per heavy atom. The van der Waals surface area contributed by atoms with E-state index in [2.05, 4.69) is 10.3 Å². The molecule has 2 fully saturated rings. The molecular formula is C11H17N3O5. The predicted octanol–water partition coefficient (Wildman–Crippen LogP) is -2.74. The summed E-state index contributed by atoms with van der Waals surface area (Å²) in [5.74, 6) is -1.68. The molecule has 0 aromatic heterocycles. The molecule has 7 atom stereocenters. The maximum atomic E-state index is 11.8. The van der Waals surface area contributed by atoms with Crippen LogP contribution in [0.2, 0.25) is 0 Å². The average molecular weight is 272 g/mol. The summed E-state index contributed by atoms with van der Waals surface area (Å²) in [5, 5.41) is 33.3. The second-order valence-corrected chi connectivity index (χ2v) is 5.55. The number of fused-ring (bicyclic) bond motifs is 1. The number of nitrogens with one attached hydrogen (secondary N) is 1. The van der Waals surface area contributed by atoms with Crippen molar-refractivity contribution in [3.63, 3.8) is 0 Å². The molecule has 1 unspecified atom stereocenters. The third-order valence-electron chi connectivity index (χ3n) is 4.50. The van der Waals surface area contributed by atoms with Crippen LogP contribution < -0.4 is 11.1 Å². The van der Waals surface area contributed by atoms with Crippen molar-refractivity contribution in [3.05, 3.63) is 0 Å². The summed E-state index contributed by atoms with van der Waals surface area (Å²) < 4.78 is 5.07. The molecule has 0 amide bonds. The van der Waals surface area contributed by atoms with Crippen molar-refractivity contribution in [2.75, 3.05) is 0 Å². The molecule has 0 radical (unpaired) electrons. The molecular weight excluding hydrogens is 255 g/mol. The Kier molecular flexibility index (Phi) is 2.54.